The third kappa shape index (κ3) is 2.59. The average molecular weight is 259 g/mol. The van der Waals surface area contributed by atoms with Gasteiger partial charge >= 0.3 is 6.18 Å². The van der Waals surface area contributed by atoms with Crippen LogP contribution in [0.15, 0.2) is 18.2 Å². The summed E-state index contributed by atoms with van der Waals surface area (Å²) in [6.07, 6.45) is -1.65. The first-order valence-corrected chi connectivity index (χ1v) is 5.40. The van der Waals surface area contributed by atoms with Crippen molar-refractivity contribution < 1.29 is 22.6 Å². The first-order chi connectivity index (χ1) is 8.52. The fraction of sp³-hybridized carbons (Fsp3) is 0.333. The normalized spacial score (nSPS) is 15.1. The molecule has 1 aromatic carbocycles. The van der Waals surface area contributed by atoms with Gasteiger partial charge in [0.1, 0.15) is 13.2 Å². The van der Waals surface area contributed by atoms with Crippen LogP contribution in [-0.4, -0.2) is 19.8 Å². The van der Waals surface area contributed by atoms with Crippen LogP contribution < -0.4 is 15.2 Å². The Morgan fingerprint density at radius 2 is 1.78 bits per heavy atom. The molecule has 0 saturated heterocycles. The van der Waals surface area contributed by atoms with Gasteiger partial charge in [0.05, 0.1) is 5.56 Å². The van der Waals surface area contributed by atoms with Crippen molar-refractivity contribution in [2.45, 2.75) is 6.18 Å². The van der Waals surface area contributed by atoms with E-state index in [1.165, 1.54) is 18.2 Å². The lowest BCUT2D eigenvalue weighted by molar-refractivity contribution is -0.137. The van der Waals surface area contributed by atoms with E-state index < -0.39 is 11.7 Å². The number of halogens is 3. The predicted molar refractivity (Wildman–Crippen MR) is 60.5 cm³/mol. The quantitative estimate of drug-likeness (QED) is 0.887. The average Bonchev–Trinajstić information content (AvgIpc) is 2.34. The predicted octanol–water partition coefficient (Wildman–Crippen LogP) is 2.45. The zero-order valence-corrected chi connectivity index (χ0v) is 9.46. The molecule has 0 bridgehead atoms. The first kappa shape index (κ1) is 12.8. The second-order valence-electron chi connectivity index (χ2n) is 3.72. The smallest absolute Gasteiger partial charge is 0.417 e. The monoisotopic (exact) mass is 259 g/mol. The molecule has 0 amide bonds. The van der Waals surface area contributed by atoms with Gasteiger partial charge < -0.3 is 15.2 Å². The lowest BCUT2D eigenvalue weighted by Crippen LogP contribution is -2.17. The molecule has 0 aromatic heterocycles. The van der Waals surface area contributed by atoms with Gasteiger partial charge in [0, 0.05) is 6.54 Å². The molecular weight excluding hydrogens is 247 g/mol. The summed E-state index contributed by atoms with van der Waals surface area (Å²) in [4.78, 5) is 0. The molecule has 98 valence electrons. The Morgan fingerprint density at radius 3 is 2.33 bits per heavy atom. The molecule has 2 rings (SSSR count). The highest BCUT2D eigenvalue weighted by molar-refractivity contribution is 5.61. The van der Waals surface area contributed by atoms with Gasteiger partial charge in [-0.3, -0.25) is 0 Å². The van der Waals surface area contributed by atoms with Crippen molar-refractivity contribution in [3.8, 4) is 11.5 Å². The maximum absolute atomic E-state index is 12.9. The molecule has 0 aliphatic carbocycles. The summed E-state index contributed by atoms with van der Waals surface area (Å²) in [5, 5.41) is 0. The summed E-state index contributed by atoms with van der Waals surface area (Å²) in [6, 6.07) is 2.29. The Morgan fingerprint density at radius 1 is 1.17 bits per heavy atom. The standard InChI is InChI=1S/C12H12F3NO2/c13-12(14,15)9-7-11-10(17-4-5-18-11)6-8(9)2-1-3-16/h1-2,6-7H,3-5,16H2/b2-1+. The van der Waals surface area contributed by atoms with Gasteiger partial charge in [-0.05, 0) is 17.7 Å². The SMILES string of the molecule is NC/C=C/c1cc2c(cc1C(F)(F)F)OCCO2. The summed E-state index contributed by atoms with van der Waals surface area (Å²) in [7, 11) is 0. The van der Waals surface area contributed by atoms with Crippen LogP contribution in [0.3, 0.4) is 0 Å². The number of hydrogen-bond donors (Lipinski definition) is 1. The Bertz CT molecular complexity index is 469. The number of nitrogens with two attached hydrogens (primary N) is 1. The number of hydrogen-bond acceptors (Lipinski definition) is 3. The van der Waals surface area contributed by atoms with E-state index in [0.29, 0.717) is 12.4 Å². The summed E-state index contributed by atoms with van der Waals surface area (Å²) in [5.41, 5.74) is 4.52. The number of benzene rings is 1. The highest BCUT2D eigenvalue weighted by Gasteiger charge is 2.34. The molecule has 18 heavy (non-hydrogen) atoms. The summed E-state index contributed by atoms with van der Waals surface area (Å²) in [6.45, 7) is 0.756. The molecule has 6 heteroatoms. The van der Waals surface area contributed by atoms with Crippen molar-refractivity contribution in [3.05, 3.63) is 29.3 Å². The van der Waals surface area contributed by atoms with Crippen LogP contribution in [0.1, 0.15) is 11.1 Å². The maximum atomic E-state index is 12.9. The molecule has 3 nitrogen and oxygen atoms in total. The lowest BCUT2D eigenvalue weighted by atomic mass is 10.0. The number of rotatable bonds is 2. The van der Waals surface area contributed by atoms with Crippen LogP contribution in [0.4, 0.5) is 13.2 Å². The van der Waals surface area contributed by atoms with Gasteiger partial charge in [-0.25, -0.2) is 0 Å². The summed E-state index contributed by atoms with van der Waals surface area (Å²) in [5.74, 6) is 0.449. The van der Waals surface area contributed by atoms with Crippen LogP contribution >= 0.6 is 0 Å². The van der Waals surface area contributed by atoms with E-state index >= 15 is 0 Å². The van der Waals surface area contributed by atoms with Crippen LogP contribution in [0.25, 0.3) is 6.08 Å². The molecule has 1 aliphatic rings. The molecule has 0 saturated carbocycles. The summed E-state index contributed by atoms with van der Waals surface area (Å²) < 4.78 is 49.1. The van der Waals surface area contributed by atoms with Crippen molar-refractivity contribution >= 4 is 6.08 Å². The molecule has 0 unspecified atom stereocenters. The fourth-order valence-corrected chi connectivity index (χ4v) is 1.68. The van der Waals surface area contributed by atoms with Gasteiger partial charge in [-0.2, -0.15) is 13.2 Å². The second-order valence-corrected chi connectivity index (χ2v) is 3.72. The van der Waals surface area contributed by atoms with Crippen molar-refractivity contribution in [2.24, 2.45) is 5.73 Å². The minimum Gasteiger partial charge on any atom is -0.486 e. The molecule has 1 aromatic rings. The van der Waals surface area contributed by atoms with Crippen LogP contribution in [-0.2, 0) is 6.18 Å². The van der Waals surface area contributed by atoms with E-state index in [-0.39, 0.29) is 24.5 Å². The van der Waals surface area contributed by atoms with Crippen LogP contribution in [0, 0.1) is 0 Å². The molecule has 0 fully saturated rings. The third-order valence-electron chi connectivity index (χ3n) is 2.45. The fourth-order valence-electron chi connectivity index (χ4n) is 1.68. The number of alkyl halides is 3. The molecular formula is C12H12F3NO2. The number of fused-ring (bicyclic) bond motifs is 1. The zero-order valence-electron chi connectivity index (χ0n) is 9.46. The van der Waals surface area contributed by atoms with Gasteiger partial charge in [-0.1, -0.05) is 12.2 Å². The highest BCUT2D eigenvalue weighted by atomic mass is 19.4. The van der Waals surface area contributed by atoms with E-state index in [9.17, 15) is 13.2 Å². The topological polar surface area (TPSA) is 44.5 Å². The Balaban J connectivity index is 2.51. The number of ether oxygens (including phenoxy) is 2. The summed E-state index contributed by atoms with van der Waals surface area (Å²) >= 11 is 0. The molecule has 0 spiro atoms. The van der Waals surface area contributed by atoms with Gasteiger partial charge in [-0.15, -0.1) is 0 Å². The van der Waals surface area contributed by atoms with Gasteiger partial charge in [0.2, 0.25) is 0 Å². The van der Waals surface area contributed by atoms with E-state index in [2.05, 4.69) is 0 Å². The Labute approximate surface area is 102 Å². The minimum absolute atomic E-state index is 0.0252. The zero-order chi connectivity index (χ0) is 13.2. The molecule has 2 N–H and O–H groups in total. The van der Waals surface area contributed by atoms with Crippen LogP contribution in [0.5, 0.6) is 11.5 Å². The van der Waals surface area contributed by atoms with E-state index in [0.717, 1.165) is 6.07 Å². The Kier molecular flexibility index (Phi) is 3.47. The minimum atomic E-state index is -4.44. The maximum Gasteiger partial charge on any atom is 0.417 e. The van der Waals surface area contributed by atoms with Crippen molar-refractivity contribution in [1.29, 1.82) is 0 Å². The lowest BCUT2D eigenvalue weighted by Gasteiger charge is -2.21. The molecule has 1 aliphatic heterocycles. The molecule has 0 radical (unpaired) electrons. The van der Waals surface area contributed by atoms with Gasteiger partial charge in [0.15, 0.2) is 11.5 Å². The van der Waals surface area contributed by atoms with Crippen molar-refractivity contribution in [3.63, 3.8) is 0 Å². The van der Waals surface area contributed by atoms with Crippen molar-refractivity contribution in [2.75, 3.05) is 19.8 Å². The van der Waals surface area contributed by atoms with Crippen molar-refractivity contribution in [1.82, 2.24) is 0 Å². The molecule has 0 atom stereocenters. The van der Waals surface area contributed by atoms with Crippen LogP contribution in [0.2, 0.25) is 0 Å². The van der Waals surface area contributed by atoms with E-state index in [4.69, 9.17) is 15.2 Å². The largest absolute Gasteiger partial charge is 0.486 e. The van der Waals surface area contributed by atoms with E-state index in [1.54, 1.807) is 0 Å². The second kappa shape index (κ2) is 4.89. The third-order valence-corrected chi connectivity index (χ3v) is 2.45. The first-order valence-electron chi connectivity index (χ1n) is 5.40. The molecule has 1 heterocycles. The van der Waals surface area contributed by atoms with E-state index in [1.807, 2.05) is 0 Å². The van der Waals surface area contributed by atoms with Gasteiger partial charge in [0.25, 0.3) is 0 Å². The Hall–Kier alpha value is -1.69. The highest BCUT2D eigenvalue weighted by Crippen LogP contribution is 2.40.